The molecule has 0 aromatic heterocycles. The first-order valence-corrected chi connectivity index (χ1v) is 7.81. The van der Waals surface area contributed by atoms with Crippen LogP contribution in [0.3, 0.4) is 0 Å². The Balaban J connectivity index is 2.45. The highest BCUT2D eigenvalue weighted by Gasteiger charge is 2.22. The summed E-state index contributed by atoms with van der Waals surface area (Å²) < 4.78 is 0. The molecular formula is C15H32N2O. The molecule has 108 valence electrons. The van der Waals surface area contributed by atoms with E-state index in [9.17, 15) is 5.11 Å². The molecule has 2 unspecified atom stereocenters. The number of hydrogen-bond donors (Lipinski definition) is 1. The molecule has 3 nitrogen and oxygen atoms in total. The van der Waals surface area contributed by atoms with E-state index in [-0.39, 0.29) is 6.10 Å². The Morgan fingerprint density at radius 2 is 1.94 bits per heavy atom. The Kier molecular flexibility index (Phi) is 7.87. The van der Waals surface area contributed by atoms with Crippen LogP contribution in [0.15, 0.2) is 0 Å². The van der Waals surface area contributed by atoms with Crippen LogP contribution >= 0.6 is 0 Å². The number of rotatable bonds is 7. The predicted molar refractivity (Wildman–Crippen MR) is 77.9 cm³/mol. The maximum absolute atomic E-state index is 9.65. The van der Waals surface area contributed by atoms with Gasteiger partial charge in [0.2, 0.25) is 0 Å². The Morgan fingerprint density at radius 3 is 2.56 bits per heavy atom. The van der Waals surface area contributed by atoms with Crippen molar-refractivity contribution in [2.45, 2.75) is 65.0 Å². The molecule has 0 aliphatic carbocycles. The van der Waals surface area contributed by atoms with E-state index in [2.05, 4.69) is 23.6 Å². The molecule has 1 N–H and O–H groups in total. The van der Waals surface area contributed by atoms with Gasteiger partial charge in [-0.3, -0.25) is 4.90 Å². The molecule has 1 rings (SSSR count). The van der Waals surface area contributed by atoms with Crippen LogP contribution in [0, 0.1) is 0 Å². The van der Waals surface area contributed by atoms with Crippen LogP contribution in [0.4, 0.5) is 0 Å². The molecule has 0 spiro atoms. The van der Waals surface area contributed by atoms with E-state index in [1.165, 1.54) is 45.3 Å². The third-order valence-electron chi connectivity index (χ3n) is 4.21. The van der Waals surface area contributed by atoms with Gasteiger partial charge in [-0.25, -0.2) is 0 Å². The molecular weight excluding hydrogens is 224 g/mol. The van der Waals surface area contributed by atoms with Crippen LogP contribution in [0.5, 0.6) is 0 Å². The van der Waals surface area contributed by atoms with Gasteiger partial charge in [0.05, 0.1) is 6.10 Å². The van der Waals surface area contributed by atoms with E-state index >= 15 is 0 Å². The Labute approximate surface area is 113 Å². The van der Waals surface area contributed by atoms with E-state index in [0.29, 0.717) is 6.04 Å². The van der Waals surface area contributed by atoms with E-state index in [1.54, 1.807) is 0 Å². The minimum Gasteiger partial charge on any atom is -0.393 e. The summed E-state index contributed by atoms with van der Waals surface area (Å²) in [4.78, 5) is 5.11. The van der Waals surface area contributed by atoms with Crippen molar-refractivity contribution in [3.8, 4) is 0 Å². The topological polar surface area (TPSA) is 26.7 Å². The highest BCUT2D eigenvalue weighted by Crippen LogP contribution is 2.20. The zero-order valence-corrected chi connectivity index (χ0v) is 12.6. The van der Waals surface area contributed by atoms with Crippen LogP contribution in [-0.2, 0) is 0 Å². The Bertz CT molecular complexity index is 205. The van der Waals surface area contributed by atoms with Crippen LogP contribution < -0.4 is 0 Å². The highest BCUT2D eigenvalue weighted by atomic mass is 16.3. The lowest BCUT2D eigenvalue weighted by molar-refractivity contribution is 0.104. The normalized spacial score (nSPS) is 24.2. The first kappa shape index (κ1) is 15.9. The third-order valence-corrected chi connectivity index (χ3v) is 4.21. The van der Waals surface area contributed by atoms with Crippen molar-refractivity contribution in [1.29, 1.82) is 0 Å². The molecule has 1 aliphatic heterocycles. The fraction of sp³-hybridized carbons (Fsp3) is 1.00. The second-order valence-corrected chi connectivity index (χ2v) is 5.65. The Hall–Kier alpha value is -0.120. The summed E-state index contributed by atoms with van der Waals surface area (Å²) >= 11 is 0. The van der Waals surface area contributed by atoms with E-state index < -0.39 is 0 Å². The van der Waals surface area contributed by atoms with Crippen LogP contribution in [-0.4, -0.2) is 59.8 Å². The maximum atomic E-state index is 9.65. The van der Waals surface area contributed by atoms with Gasteiger partial charge in [0.25, 0.3) is 0 Å². The van der Waals surface area contributed by atoms with Crippen molar-refractivity contribution in [1.82, 2.24) is 9.80 Å². The van der Waals surface area contributed by atoms with Gasteiger partial charge < -0.3 is 10.0 Å². The van der Waals surface area contributed by atoms with Gasteiger partial charge in [0.15, 0.2) is 0 Å². The number of likely N-dealkylation sites (N-methyl/N-ethyl adjacent to an activating group) is 1. The lowest BCUT2D eigenvalue weighted by Gasteiger charge is -2.32. The highest BCUT2D eigenvalue weighted by molar-refractivity contribution is 4.78. The van der Waals surface area contributed by atoms with Gasteiger partial charge in [-0.15, -0.1) is 0 Å². The quantitative estimate of drug-likeness (QED) is 0.757. The molecule has 2 atom stereocenters. The molecule has 0 bridgehead atoms. The first-order valence-electron chi connectivity index (χ1n) is 7.81. The summed E-state index contributed by atoms with van der Waals surface area (Å²) in [5.41, 5.74) is 0. The zero-order valence-electron chi connectivity index (χ0n) is 12.6. The monoisotopic (exact) mass is 256 g/mol. The van der Waals surface area contributed by atoms with Crippen molar-refractivity contribution >= 4 is 0 Å². The van der Waals surface area contributed by atoms with Gasteiger partial charge in [-0.2, -0.15) is 0 Å². The van der Waals surface area contributed by atoms with E-state index in [1.807, 2.05) is 6.92 Å². The van der Waals surface area contributed by atoms with Crippen molar-refractivity contribution in [3.05, 3.63) is 0 Å². The molecule has 18 heavy (non-hydrogen) atoms. The van der Waals surface area contributed by atoms with E-state index in [4.69, 9.17) is 0 Å². The van der Waals surface area contributed by atoms with Crippen LogP contribution in [0.25, 0.3) is 0 Å². The van der Waals surface area contributed by atoms with Gasteiger partial charge in [-0.05, 0) is 45.8 Å². The van der Waals surface area contributed by atoms with Gasteiger partial charge in [-0.1, -0.05) is 26.7 Å². The summed E-state index contributed by atoms with van der Waals surface area (Å²) in [5.74, 6) is 0. The predicted octanol–water partition coefficient (Wildman–Crippen LogP) is 2.34. The van der Waals surface area contributed by atoms with Gasteiger partial charge in [0.1, 0.15) is 0 Å². The average Bonchev–Trinajstić information content (AvgIpc) is 2.56. The second kappa shape index (κ2) is 8.89. The average molecular weight is 256 g/mol. The molecule has 1 aliphatic rings. The molecule has 1 fully saturated rings. The molecule has 0 aromatic rings. The maximum Gasteiger partial charge on any atom is 0.0527 e. The molecule has 0 aromatic carbocycles. The van der Waals surface area contributed by atoms with Crippen molar-refractivity contribution in [2.75, 3.05) is 32.7 Å². The summed E-state index contributed by atoms with van der Waals surface area (Å²) in [6.45, 7) is 12.2. The molecule has 1 heterocycles. The first-order chi connectivity index (χ1) is 8.67. The molecule has 0 radical (unpaired) electrons. The summed E-state index contributed by atoms with van der Waals surface area (Å²) in [6, 6.07) is 0.600. The minimum atomic E-state index is -0.163. The van der Waals surface area contributed by atoms with Crippen molar-refractivity contribution in [2.24, 2.45) is 0 Å². The Morgan fingerprint density at radius 1 is 1.22 bits per heavy atom. The largest absolute Gasteiger partial charge is 0.393 e. The lowest BCUT2D eigenvalue weighted by atomic mass is 10.0. The molecule has 0 amide bonds. The summed E-state index contributed by atoms with van der Waals surface area (Å²) in [7, 11) is 0. The van der Waals surface area contributed by atoms with E-state index in [0.717, 1.165) is 19.5 Å². The molecule has 1 saturated heterocycles. The number of hydrogen-bond acceptors (Lipinski definition) is 3. The third kappa shape index (κ3) is 5.68. The van der Waals surface area contributed by atoms with Crippen molar-refractivity contribution < 1.29 is 5.11 Å². The number of nitrogens with zero attached hydrogens (tertiary/aromatic N) is 2. The smallest absolute Gasteiger partial charge is 0.0527 e. The second-order valence-electron chi connectivity index (χ2n) is 5.65. The van der Waals surface area contributed by atoms with Gasteiger partial charge >= 0.3 is 0 Å². The number of aliphatic hydroxyl groups is 1. The fourth-order valence-corrected chi connectivity index (χ4v) is 3.00. The van der Waals surface area contributed by atoms with Crippen LogP contribution in [0.2, 0.25) is 0 Å². The van der Waals surface area contributed by atoms with Crippen LogP contribution in [0.1, 0.15) is 52.9 Å². The minimum absolute atomic E-state index is 0.163. The zero-order chi connectivity index (χ0) is 13.4. The standard InChI is InChI=1S/C15H32N2O/c1-4-16(5-2)11-12-17-10-8-6-7-9-15(17)13-14(3)18/h14-15,18H,4-13H2,1-3H3. The fourth-order valence-electron chi connectivity index (χ4n) is 3.00. The SMILES string of the molecule is CCN(CC)CCN1CCCCCC1CC(C)O. The summed E-state index contributed by atoms with van der Waals surface area (Å²) in [6.07, 6.45) is 6.07. The molecule has 3 heteroatoms. The lowest BCUT2D eigenvalue weighted by Crippen LogP contribution is -2.42. The van der Waals surface area contributed by atoms with Gasteiger partial charge in [0, 0.05) is 19.1 Å². The van der Waals surface area contributed by atoms with Crippen molar-refractivity contribution in [3.63, 3.8) is 0 Å². The molecule has 0 saturated carbocycles. The number of aliphatic hydroxyl groups excluding tert-OH is 1. The summed E-state index contributed by atoms with van der Waals surface area (Å²) in [5, 5.41) is 9.65. The number of likely N-dealkylation sites (tertiary alicyclic amines) is 1.